The van der Waals surface area contributed by atoms with Crippen molar-refractivity contribution in [2.24, 2.45) is 5.92 Å². The number of rotatable bonds is 5. The molecule has 116 valence electrons. The van der Waals surface area contributed by atoms with Gasteiger partial charge in [0.25, 0.3) is 0 Å². The minimum absolute atomic E-state index is 0.236. The quantitative estimate of drug-likeness (QED) is 0.781. The number of carboxylic acid groups (broad SMARTS) is 1. The summed E-state index contributed by atoms with van der Waals surface area (Å²) < 4.78 is 13.5. The van der Waals surface area contributed by atoms with Crippen LogP contribution in [0.3, 0.4) is 0 Å². The number of hydrogen-bond acceptors (Lipinski definition) is 2. The molecule has 1 unspecified atom stereocenters. The highest BCUT2D eigenvalue weighted by atomic mass is 19.1. The maximum Gasteiger partial charge on any atom is 0.326 e. The van der Waals surface area contributed by atoms with E-state index in [1.165, 1.54) is 6.07 Å². The van der Waals surface area contributed by atoms with Gasteiger partial charge < -0.3 is 15.7 Å². The molecule has 0 bridgehead atoms. The SMILES string of the molecule is Cc1ccc(C(C)NC(=O)N[C@H](C(=O)O)C(C)C)cc1F. The smallest absolute Gasteiger partial charge is 0.326 e. The van der Waals surface area contributed by atoms with Crippen molar-refractivity contribution in [2.75, 3.05) is 0 Å². The molecular weight excluding hydrogens is 275 g/mol. The number of hydrogen-bond donors (Lipinski definition) is 3. The molecule has 0 radical (unpaired) electrons. The van der Waals surface area contributed by atoms with Crippen molar-refractivity contribution >= 4 is 12.0 Å². The molecule has 6 heteroatoms. The number of urea groups is 1. The van der Waals surface area contributed by atoms with Gasteiger partial charge in [0.1, 0.15) is 11.9 Å². The normalized spacial score (nSPS) is 13.6. The van der Waals surface area contributed by atoms with E-state index < -0.39 is 24.1 Å². The Labute approximate surface area is 123 Å². The average Bonchev–Trinajstić information content (AvgIpc) is 2.38. The van der Waals surface area contributed by atoms with Crippen LogP contribution in [0.2, 0.25) is 0 Å². The molecule has 0 aliphatic rings. The molecule has 1 rings (SSSR count). The Hall–Kier alpha value is -2.11. The van der Waals surface area contributed by atoms with E-state index in [2.05, 4.69) is 10.6 Å². The van der Waals surface area contributed by atoms with E-state index in [-0.39, 0.29) is 11.7 Å². The molecule has 0 saturated heterocycles. The van der Waals surface area contributed by atoms with Gasteiger partial charge in [-0.15, -0.1) is 0 Å². The fourth-order valence-corrected chi connectivity index (χ4v) is 1.85. The second-order valence-corrected chi connectivity index (χ2v) is 5.41. The number of carboxylic acids is 1. The number of nitrogens with one attached hydrogen (secondary N) is 2. The average molecular weight is 296 g/mol. The summed E-state index contributed by atoms with van der Waals surface area (Å²) in [6, 6.07) is 2.73. The van der Waals surface area contributed by atoms with Crippen LogP contribution >= 0.6 is 0 Å². The van der Waals surface area contributed by atoms with Gasteiger partial charge in [-0.3, -0.25) is 0 Å². The van der Waals surface area contributed by atoms with Gasteiger partial charge >= 0.3 is 12.0 Å². The van der Waals surface area contributed by atoms with Crippen molar-refractivity contribution in [3.8, 4) is 0 Å². The summed E-state index contributed by atoms with van der Waals surface area (Å²) >= 11 is 0. The predicted octanol–water partition coefficient (Wildman–Crippen LogP) is 2.60. The molecular formula is C15H21FN2O3. The molecule has 1 aromatic carbocycles. The number of aliphatic carboxylic acids is 1. The highest BCUT2D eigenvalue weighted by molar-refractivity contribution is 5.82. The maximum atomic E-state index is 13.5. The maximum absolute atomic E-state index is 13.5. The van der Waals surface area contributed by atoms with E-state index in [0.717, 1.165) is 0 Å². The Morgan fingerprint density at radius 1 is 1.19 bits per heavy atom. The molecule has 2 atom stereocenters. The van der Waals surface area contributed by atoms with Crippen LogP contribution in [0, 0.1) is 18.7 Å². The van der Waals surface area contributed by atoms with Crippen LogP contribution in [0.25, 0.3) is 0 Å². The first-order chi connectivity index (χ1) is 9.72. The molecule has 0 saturated carbocycles. The third-order valence-corrected chi connectivity index (χ3v) is 3.26. The second-order valence-electron chi connectivity index (χ2n) is 5.41. The number of amides is 2. The lowest BCUT2D eigenvalue weighted by Crippen LogP contribution is -2.49. The van der Waals surface area contributed by atoms with Gasteiger partial charge in [0.2, 0.25) is 0 Å². The van der Waals surface area contributed by atoms with E-state index in [0.29, 0.717) is 11.1 Å². The molecule has 1 aromatic rings. The standard InChI is InChI=1S/C15H21FN2O3/c1-8(2)13(14(19)20)18-15(21)17-10(4)11-6-5-9(3)12(16)7-11/h5-8,10,13H,1-4H3,(H,19,20)(H2,17,18,21)/t10?,13-/m0/s1. The van der Waals surface area contributed by atoms with Crippen molar-refractivity contribution in [1.29, 1.82) is 0 Å². The summed E-state index contributed by atoms with van der Waals surface area (Å²) in [7, 11) is 0. The molecule has 5 nitrogen and oxygen atoms in total. The van der Waals surface area contributed by atoms with Crippen LogP contribution in [0.1, 0.15) is 37.9 Å². The summed E-state index contributed by atoms with van der Waals surface area (Å²) in [5.74, 6) is -1.67. The Morgan fingerprint density at radius 3 is 2.29 bits per heavy atom. The van der Waals surface area contributed by atoms with Crippen LogP contribution in [-0.2, 0) is 4.79 Å². The minimum atomic E-state index is -1.09. The fourth-order valence-electron chi connectivity index (χ4n) is 1.85. The van der Waals surface area contributed by atoms with Gasteiger partial charge in [-0.2, -0.15) is 0 Å². The molecule has 0 aromatic heterocycles. The van der Waals surface area contributed by atoms with Gasteiger partial charge in [0.05, 0.1) is 6.04 Å². The first-order valence-electron chi connectivity index (χ1n) is 6.78. The second kappa shape index (κ2) is 7.06. The van der Waals surface area contributed by atoms with Gasteiger partial charge in [-0.05, 0) is 37.0 Å². The molecule has 0 aliphatic heterocycles. The monoisotopic (exact) mass is 296 g/mol. The van der Waals surface area contributed by atoms with Crippen molar-refractivity contribution in [3.63, 3.8) is 0 Å². The minimum Gasteiger partial charge on any atom is -0.480 e. The molecule has 0 fully saturated rings. The lowest BCUT2D eigenvalue weighted by molar-refractivity contribution is -0.140. The largest absolute Gasteiger partial charge is 0.480 e. The molecule has 2 amide bonds. The zero-order valence-electron chi connectivity index (χ0n) is 12.6. The Kier molecular flexibility index (Phi) is 5.69. The van der Waals surface area contributed by atoms with Crippen LogP contribution in [0.4, 0.5) is 9.18 Å². The predicted molar refractivity (Wildman–Crippen MR) is 77.5 cm³/mol. The van der Waals surface area contributed by atoms with E-state index in [1.807, 2.05) is 0 Å². The summed E-state index contributed by atoms with van der Waals surface area (Å²) in [4.78, 5) is 22.8. The molecule has 3 N–H and O–H groups in total. The Morgan fingerprint density at radius 2 is 1.81 bits per heavy atom. The van der Waals surface area contributed by atoms with Crippen LogP contribution < -0.4 is 10.6 Å². The van der Waals surface area contributed by atoms with Crippen LogP contribution in [0.15, 0.2) is 18.2 Å². The van der Waals surface area contributed by atoms with Gasteiger partial charge in [0.15, 0.2) is 0 Å². The molecule has 0 spiro atoms. The van der Waals surface area contributed by atoms with Crippen molar-refractivity contribution in [2.45, 2.75) is 39.8 Å². The highest BCUT2D eigenvalue weighted by Crippen LogP contribution is 2.16. The fraction of sp³-hybridized carbons (Fsp3) is 0.467. The molecule has 0 aliphatic carbocycles. The summed E-state index contributed by atoms with van der Waals surface area (Å²) in [5.41, 5.74) is 1.14. The van der Waals surface area contributed by atoms with E-state index in [1.54, 1.807) is 39.8 Å². The topological polar surface area (TPSA) is 78.4 Å². The van der Waals surface area contributed by atoms with Crippen molar-refractivity contribution in [1.82, 2.24) is 10.6 Å². The number of carbonyl (C=O) groups is 2. The van der Waals surface area contributed by atoms with Gasteiger partial charge in [0, 0.05) is 0 Å². The van der Waals surface area contributed by atoms with Crippen molar-refractivity contribution in [3.05, 3.63) is 35.1 Å². The zero-order valence-corrected chi connectivity index (χ0v) is 12.6. The van der Waals surface area contributed by atoms with Crippen molar-refractivity contribution < 1.29 is 19.1 Å². The zero-order chi connectivity index (χ0) is 16.2. The van der Waals surface area contributed by atoms with Crippen LogP contribution in [0.5, 0.6) is 0 Å². The summed E-state index contributed by atoms with van der Waals surface area (Å²) in [5, 5.41) is 14.0. The lowest BCUT2D eigenvalue weighted by atomic mass is 10.0. The van der Waals surface area contributed by atoms with Crippen LogP contribution in [-0.4, -0.2) is 23.1 Å². The number of benzene rings is 1. The Bertz CT molecular complexity index is 532. The molecule has 0 heterocycles. The van der Waals surface area contributed by atoms with E-state index in [9.17, 15) is 14.0 Å². The summed E-state index contributed by atoms with van der Waals surface area (Å²) in [6.07, 6.45) is 0. The highest BCUT2D eigenvalue weighted by Gasteiger charge is 2.24. The number of halogens is 1. The summed E-state index contributed by atoms with van der Waals surface area (Å²) in [6.45, 7) is 6.77. The number of aryl methyl sites for hydroxylation is 1. The third kappa shape index (κ3) is 4.73. The lowest BCUT2D eigenvalue weighted by Gasteiger charge is -2.21. The van der Waals surface area contributed by atoms with E-state index >= 15 is 0 Å². The molecule has 21 heavy (non-hydrogen) atoms. The third-order valence-electron chi connectivity index (χ3n) is 3.26. The number of carbonyl (C=O) groups excluding carboxylic acids is 1. The van der Waals surface area contributed by atoms with Gasteiger partial charge in [-0.25, -0.2) is 14.0 Å². The first kappa shape index (κ1) is 16.9. The first-order valence-corrected chi connectivity index (χ1v) is 6.78. The Balaban J connectivity index is 2.69. The van der Waals surface area contributed by atoms with E-state index in [4.69, 9.17) is 5.11 Å². The van der Waals surface area contributed by atoms with Gasteiger partial charge in [-0.1, -0.05) is 26.0 Å².